The van der Waals surface area contributed by atoms with Gasteiger partial charge in [-0.3, -0.25) is 0 Å². The van der Waals surface area contributed by atoms with E-state index in [0.29, 0.717) is 12.2 Å². The highest BCUT2D eigenvalue weighted by atomic mass is 79.9. The van der Waals surface area contributed by atoms with Gasteiger partial charge in [-0.25, -0.2) is 0 Å². The molecule has 152 valence electrons. The van der Waals surface area contributed by atoms with E-state index in [1.54, 1.807) is 0 Å². The Bertz CT molecular complexity index is 1300. The minimum Gasteiger partial charge on any atom is -0.487 e. The number of fused-ring (bicyclic) bond motifs is 1. The van der Waals surface area contributed by atoms with Crippen molar-refractivity contribution < 1.29 is 4.74 Å². The zero-order valence-corrected chi connectivity index (χ0v) is 21.0. The van der Waals surface area contributed by atoms with Gasteiger partial charge in [0.1, 0.15) is 12.4 Å². The Kier molecular flexibility index (Phi) is 6.92. The molecule has 4 rings (SSSR count). The summed E-state index contributed by atoms with van der Waals surface area (Å²) in [6.45, 7) is 0.459. The second-order valence-electron chi connectivity index (χ2n) is 6.96. The SMILES string of the molecule is N#C/C(=C/c1cc(Br)c(OCc2ccc(Br)cc2)c(Br)c1)c1ccc2ccccc2c1. The van der Waals surface area contributed by atoms with E-state index < -0.39 is 0 Å². The smallest absolute Gasteiger partial charge is 0.148 e. The molecule has 0 saturated carbocycles. The monoisotopic (exact) mass is 595 g/mol. The van der Waals surface area contributed by atoms with Crippen LogP contribution in [0.5, 0.6) is 5.75 Å². The van der Waals surface area contributed by atoms with Crippen LogP contribution in [0.3, 0.4) is 0 Å². The fraction of sp³-hybridized carbons (Fsp3) is 0.0385. The van der Waals surface area contributed by atoms with Crippen molar-refractivity contribution in [2.45, 2.75) is 6.61 Å². The van der Waals surface area contributed by atoms with Crippen LogP contribution in [0.15, 0.2) is 92.3 Å². The van der Waals surface area contributed by atoms with Gasteiger partial charge < -0.3 is 4.74 Å². The summed E-state index contributed by atoms with van der Waals surface area (Å²) in [7, 11) is 0. The number of ether oxygens (including phenoxy) is 1. The third-order valence-corrected chi connectivity index (χ3v) is 6.52. The molecule has 31 heavy (non-hydrogen) atoms. The van der Waals surface area contributed by atoms with Gasteiger partial charge in [0, 0.05) is 4.47 Å². The van der Waals surface area contributed by atoms with Gasteiger partial charge >= 0.3 is 0 Å². The zero-order valence-electron chi connectivity index (χ0n) is 16.3. The van der Waals surface area contributed by atoms with E-state index in [1.165, 1.54) is 0 Å². The first-order valence-corrected chi connectivity index (χ1v) is 11.9. The highest BCUT2D eigenvalue weighted by Gasteiger charge is 2.10. The van der Waals surface area contributed by atoms with Gasteiger partial charge in [0.2, 0.25) is 0 Å². The van der Waals surface area contributed by atoms with Gasteiger partial charge in [-0.2, -0.15) is 5.26 Å². The molecule has 0 aliphatic heterocycles. The summed E-state index contributed by atoms with van der Waals surface area (Å²) in [4.78, 5) is 0. The molecule has 0 bridgehead atoms. The fourth-order valence-corrected chi connectivity index (χ4v) is 4.96. The van der Waals surface area contributed by atoms with Gasteiger partial charge in [-0.15, -0.1) is 0 Å². The number of allylic oxidation sites excluding steroid dienone is 1. The Labute approximate surface area is 206 Å². The van der Waals surface area contributed by atoms with Crippen molar-refractivity contribution >= 4 is 70.2 Å². The number of rotatable bonds is 5. The zero-order chi connectivity index (χ0) is 21.8. The number of benzene rings is 4. The molecule has 0 saturated heterocycles. The van der Waals surface area contributed by atoms with Crippen LogP contribution in [0.4, 0.5) is 0 Å². The molecule has 0 heterocycles. The number of nitriles is 1. The van der Waals surface area contributed by atoms with Gasteiger partial charge in [-0.1, -0.05) is 64.5 Å². The molecule has 0 amide bonds. The summed E-state index contributed by atoms with van der Waals surface area (Å²) in [5, 5.41) is 12.0. The van der Waals surface area contributed by atoms with Crippen LogP contribution in [0.2, 0.25) is 0 Å². The Balaban J connectivity index is 1.60. The summed E-state index contributed by atoms with van der Waals surface area (Å²) in [6, 6.07) is 28.5. The first-order valence-electron chi connectivity index (χ1n) is 9.51. The van der Waals surface area contributed by atoms with Gasteiger partial charge in [-0.05, 0) is 95.7 Å². The molecular formula is C26H16Br3NO. The lowest BCUT2D eigenvalue weighted by Gasteiger charge is -2.12. The van der Waals surface area contributed by atoms with E-state index >= 15 is 0 Å². The normalized spacial score (nSPS) is 11.4. The predicted molar refractivity (Wildman–Crippen MR) is 138 cm³/mol. The van der Waals surface area contributed by atoms with E-state index in [4.69, 9.17) is 4.74 Å². The van der Waals surface area contributed by atoms with Gasteiger partial charge in [0.25, 0.3) is 0 Å². The molecule has 4 aromatic rings. The minimum absolute atomic E-state index is 0.459. The van der Waals surface area contributed by atoms with Crippen LogP contribution < -0.4 is 4.74 Å². The Morgan fingerprint density at radius 2 is 1.52 bits per heavy atom. The molecule has 0 N–H and O–H groups in total. The predicted octanol–water partition coefficient (Wildman–Crippen LogP) is 8.77. The van der Waals surface area contributed by atoms with Crippen molar-refractivity contribution in [2.24, 2.45) is 0 Å². The van der Waals surface area contributed by atoms with Crippen LogP contribution in [-0.4, -0.2) is 0 Å². The molecule has 5 heteroatoms. The third kappa shape index (κ3) is 5.27. The van der Waals surface area contributed by atoms with Crippen LogP contribution in [0, 0.1) is 11.3 Å². The lowest BCUT2D eigenvalue weighted by Crippen LogP contribution is -1.97. The molecule has 0 fully saturated rings. The maximum atomic E-state index is 9.77. The minimum atomic E-state index is 0.459. The van der Waals surface area contributed by atoms with Crippen LogP contribution >= 0.6 is 47.8 Å². The molecule has 4 aromatic carbocycles. The molecule has 0 aliphatic carbocycles. The summed E-state index contributed by atoms with van der Waals surface area (Å²) in [6.07, 6.45) is 1.89. The van der Waals surface area contributed by atoms with E-state index in [-0.39, 0.29) is 0 Å². The van der Waals surface area contributed by atoms with Crippen molar-refractivity contribution in [1.82, 2.24) is 0 Å². The molecule has 2 nitrogen and oxygen atoms in total. The summed E-state index contributed by atoms with van der Waals surface area (Å²) in [5.74, 6) is 0.726. The molecule has 0 atom stereocenters. The molecule has 0 unspecified atom stereocenters. The quantitative estimate of drug-likeness (QED) is 0.170. The van der Waals surface area contributed by atoms with E-state index in [0.717, 1.165) is 46.6 Å². The molecule has 0 aliphatic rings. The standard InChI is InChI=1S/C26H16Br3NO/c27-23-9-5-17(6-10-23)16-31-26-24(28)12-18(13-25(26)29)11-22(15-30)21-8-7-19-3-1-2-4-20(19)14-21/h1-14H,16H2/b22-11-. The average molecular weight is 598 g/mol. The molecular weight excluding hydrogens is 582 g/mol. The summed E-state index contributed by atoms with van der Waals surface area (Å²) < 4.78 is 8.70. The van der Waals surface area contributed by atoms with Crippen molar-refractivity contribution in [1.29, 1.82) is 5.26 Å². The van der Waals surface area contributed by atoms with E-state index in [1.807, 2.05) is 72.8 Å². The maximum Gasteiger partial charge on any atom is 0.148 e. The highest BCUT2D eigenvalue weighted by molar-refractivity contribution is 9.11. The van der Waals surface area contributed by atoms with Crippen LogP contribution in [-0.2, 0) is 6.61 Å². The van der Waals surface area contributed by atoms with Crippen molar-refractivity contribution in [3.8, 4) is 11.8 Å². The average Bonchev–Trinajstić information content (AvgIpc) is 2.78. The van der Waals surface area contributed by atoms with Crippen molar-refractivity contribution in [2.75, 3.05) is 0 Å². The van der Waals surface area contributed by atoms with Crippen LogP contribution in [0.25, 0.3) is 22.4 Å². The molecule has 0 aromatic heterocycles. The number of nitrogens with zero attached hydrogens (tertiary/aromatic N) is 1. The lowest BCUT2D eigenvalue weighted by atomic mass is 10.0. The summed E-state index contributed by atoms with van der Waals surface area (Å²) >= 11 is 10.7. The Morgan fingerprint density at radius 3 is 2.19 bits per heavy atom. The van der Waals surface area contributed by atoms with E-state index in [2.05, 4.69) is 66.0 Å². The molecule has 0 spiro atoms. The third-order valence-electron chi connectivity index (χ3n) is 4.81. The molecule has 0 radical (unpaired) electrons. The fourth-order valence-electron chi connectivity index (χ4n) is 3.24. The van der Waals surface area contributed by atoms with Gasteiger partial charge in [0.15, 0.2) is 0 Å². The topological polar surface area (TPSA) is 33.0 Å². The number of halogens is 3. The second kappa shape index (κ2) is 9.82. The Hall–Kier alpha value is -2.39. The van der Waals surface area contributed by atoms with Crippen LogP contribution in [0.1, 0.15) is 16.7 Å². The largest absolute Gasteiger partial charge is 0.487 e. The first kappa shape index (κ1) is 21.8. The van der Waals surface area contributed by atoms with Crippen molar-refractivity contribution in [3.05, 3.63) is 109 Å². The highest BCUT2D eigenvalue weighted by Crippen LogP contribution is 2.36. The lowest BCUT2D eigenvalue weighted by molar-refractivity contribution is 0.302. The second-order valence-corrected chi connectivity index (χ2v) is 9.58. The van der Waals surface area contributed by atoms with E-state index in [9.17, 15) is 5.26 Å². The summed E-state index contributed by atoms with van der Waals surface area (Å²) in [5.41, 5.74) is 3.48. The van der Waals surface area contributed by atoms with Gasteiger partial charge in [0.05, 0.1) is 20.6 Å². The van der Waals surface area contributed by atoms with Crippen molar-refractivity contribution in [3.63, 3.8) is 0 Å². The maximum absolute atomic E-state index is 9.77. The first-order chi connectivity index (χ1) is 15.0. The number of hydrogen-bond donors (Lipinski definition) is 0. The Morgan fingerprint density at radius 1 is 0.839 bits per heavy atom. The number of hydrogen-bond acceptors (Lipinski definition) is 2.